The van der Waals surface area contributed by atoms with Crippen molar-refractivity contribution in [1.82, 2.24) is 0 Å². The molecule has 2 nitrogen and oxygen atoms in total. The third-order valence-electron chi connectivity index (χ3n) is 3.13. The van der Waals surface area contributed by atoms with Gasteiger partial charge in [0.15, 0.2) is 0 Å². The molecule has 1 rings (SSSR count). The zero-order chi connectivity index (χ0) is 14.5. The molecule has 0 saturated heterocycles. The summed E-state index contributed by atoms with van der Waals surface area (Å²) < 4.78 is 22.5. The average molecular weight is 433 g/mol. The maximum Gasteiger partial charge on any atom is 0.147 e. The van der Waals surface area contributed by atoms with E-state index < -0.39 is 9.84 Å². The highest BCUT2D eigenvalue weighted by molar-refractivity contribution is 9.09. The fraction of sp³-hybridized carbons (Fsp3) is 0.538. The Morgan fingerprint density at radius 3 is 2.26 bits per heavy atom. The third-order valence-corrected chi connectivity index (χ3v) is 6.63. The topological polar surface area (TPSA) is 34.1 Å². The van der Waals surface area contributed by atoms with Crippen LogP contribution in [0.1, 0.15) is 18.4 Å². The highest BCUT2D eigenvalue weighted by Gasteiger charge is 2.31. The largest absolute Gasteiger partial charge is 0.229 e. The molecule has 0 bridgehead atoms. The van der Waals surface area contributed by atoms with Crippen LogP contribution in [0.4, 0.5) is 0 Å². The lowest BCUT2D eigenvalue weighted by molar-refractivity contribution is 0.495. The lowest BCUT2D eigenvalue weighted by atomic mass is 9.80. The molecule has 1 aromatic carbocycles. The van der Waals surface area contributed by atoms with Gasteiger partial charge >= 0.3 is 0 Å². The van der Waals surface area contributed by atoms with Gasteiger partial charge in [-0.1, -0.05) is 61.7 Å². The molecule has 108 valence electrons. The molecule has 0 heterocycles. The molecule has 0 radical (unpaired) electrons. The van der Waals surface area contributed by atoms with E-state index in [0.29, 0.717) is 6.42 Å². The van der Waals surface area contributed by atoms with Gasteiger partial charge < -0.3 is 0 Å². The molecular weight excluding hydrogens is 415 g/mol. The molecule has 0 aliphatic carbocycles. The second-order valence-corrected chi connectivity index (χ2v) is 8.55. The maximum absolute atomic E-state index is 11.2. The number of halogens is 3. The summed E-state index contributed by atoms with van der Waals surface area (Å²) in [5.74, 6) is 0.208. The number of alkyl halides is 2. The molecule has 1 aromatic rings. The van der Waals surface area contributed by atoms with Crippen molar-refractivity contribution in [3.05, 3.63) is 34.9 Å². The van der Waals surface area contributed by atoms with Gasteiger partial charge in [0.25, 0.3) is 0 Å². The van der Waals surface area contributed by atoms with E-state index in [4.69, 9.17) is 11.6 Å². The van der Waals surface area contributed by atoms with E-state index in [0.717, 1.165) is 27.7 Å². The number of hydrogen-bond donors (Lipinski definition) is 0. The Balaban J connectivity index is 2.95. The summed E-state index contributed by atoms with van der Waals surface area (Å²) in [5, 5.41) is 2.19. The Labute approximate surface area is 137 Å². The van der Waals surface area contributed by atoms with Crippen molar-refractivity contribution in [2.24, 2.45) is 0 Å². The van der Waals surface area contributed by atoms with E-state index in [9.17, 15) is 8.42 Å². The van der Waals surface area contributed by atoms with Crippen LogP contribution in [0.25, 0.3) is 0 Å². The van der Waals surface area contributed by atoms with E-state index >= 15 is 0 Å². The van der Waals surface area contributed by atoms with Crippen LogP contribution in [0.3, 0.4) is 0 Å². The first-order valence-electron chi connectivity index (χ1n) is 5.89. The third kappa shape index (κ3) is 5.03. The second kappa shape index (κ2) is 7.43. The molecule has 0 aliphatic rings. The first kappa shape index (κ1) is 17.5. The van der Waals surface area contributed by atoms with E-state index in [2.05, 4.69) is 31.9 Å². The summed E-state index contributed by atoms with van der Waals surface area (Å²) in [6, 6.07) is 7.73. The molecule has 0 aliphatic heterocycles. The first-order valence-corrected chi connectivity index (χ1v) is 10.6. The molecule has 0 fully saturated rings. The van der Waals surface area contributed by atoms with Gasteiger partial charge in [0.05, 0.1) is 0 Å². The summed E-state index contributed by atoms with van der Waals surface area (Å²) in [5.41, 5.74) is 0.877. The monoisotopic (exact) mass is 430 g/mol. The van der Waals surface area contributed by atoms with Crippen LogP contribution in [0, 0.1) is 0 Å². The molecular formula is C13H17Br2ClO2S. The Morgan fingerprint density at radius 2 is 1.79 bits per heavy atom. The highest BCUT2D eigenvalue weighted by Crippen LogP contribution is 2.37. The van der Waals surface area contributed by atoms with Gasteiger partial charge in [-0.25, -0.2) is 8.42 Å². The van der Waals surface area contributed by atoms with Crippen LogP contribution in [0.15, 0.2) is 24.3 Å². The Morgan fingerprint density at radius 1 is 1.21 bits per heavy atom. The maximum atomic E-state index is 11.2. The summed E-state index contributed by atoms with van der Waals surface area (Å²) in [6.07, 6.45) is 2.66. The highest BCUT2D eigenvalue weighted by atomic mass is 79.9. The van der Waals surface area contributed by atoms with Crippen molar-refractivity contribution in [1.29, 1.82) is 0 Å². The van der Waals surface area contributed by atoms with Crippen molar-refractivity contribution in [3.8, 4) is 0 Å². The van der Waals surface area contributed by atoms with Gasteiger partial charge in [-0.15, -0.1) is 0 Å². The van der Waals surface area contributed by atoms with Gasteiger partial charge in [0, 0.05) is 33.1 Å². The van der Waals surface area contributed by atoms with Gasteiger partial charge in [-0.05, 0) is 24.5 Å². The average Bonchev–Trinajstić information content (AvgIpc) is 2.35. The molecule has 0 aromatic heterocycles. The molecule has 0 saturated carbocycles. The van der Waals surface area contributed by atoms with Crippen LogP contribution in [0.5, 0.6) is 0 Å². The van der Waals surface area contributed by atoms with Gasteiger partial charge in [0.1, 0.15) is 9.84 Å². The number of benzene rings is 1. The summed E-state index contributed by atoms with van der Waals surface area (Å²) in [4.78, 5) is 0. The van der Waals surface area contributed by atoms with Crippen LogP contribution in [-0.4, -0.2) is 31.1 Å². The lowest BCUT2D eigenvalue weighted by Crippen LogP contribution is -2.31. The predicted molar refractivity (Wildman–Crippen MR) is 89.7 cm³/mol. The summed E-state index contributed by atoms with van der Waals surface area (Å²) in [7, 11) is -2.92. The molecule has 0 N–H and O–H groups in total. The standard InChI is InChI=1S/C13H17Br2ClO2S/c1-19(17,18)8-4-7-13(9-14,10-15)11-5-2-3-6-12(11)16/h2-3,5-6H,4,7-10H2,1H3. The molecule has 0 spiro atoms. The van der Waals surface area contributed by atoms with Gasteiger partial charge in [-0.2, -0.15) is 0 Å². The van der Waals surface area contributed by atoms with E-state index in [1.54, 1.807) is 0 Å². The Bertz CT molecular complexity index is 513. The van der Waals surface area contributed by atoms with Crippen LogP contribution >= 0.6 is 43.5 Å². The van der Waals surface area contributed by atoms with Crippen LogP contribution < -0.4 is 0 Å². The summed E-state index contributed by atoms with van der Waals surface area (Å²) in [6.45, 7) is 0. The van der Waals surface area contributed by atoms with Crippen molar-refractivity contribution < 1.29 is 8.42 Å². The number of rotatable bonds is 7. The first-order chi connectivity index (χ1) is 8.84. The minimum atomic E-state index is -2.92. The lowest BCUT2D eigenvalue weighted by Gasteiger charge is -2.31. The molecule has 0 unspecified atom stereocenters. The van der Waals surface area contributed by atoms with Gasteiger partial charge in [-0.3, -0.25) is 0 Å². The molecule has 0 atom stereocenters. The van der Waals surface area contributed by atoms with Crippen molar-refractivity contribution in [2.45, 2.75) is 18.3 Å². The molecule has 0 amide bonds. The second-order valence-electron chi connectivity index (χ2n) is 4.76. The molecule has 19 heavy (non-hydrogen) atoms. The van der Waals surface area contributed by atoms with Crippen LogP contribution in [0.2, 0.25) is 5.02 Å². The van der Waals surface area contributed by atoms with Crippen molar-refractivity contribution in [2.75, 3.05) is 22.7 Å². The number of sulfone groups is 1. The smallest absolute Gasteiger partial charge is 0.147 e. The normalized spacial score (nSPS) is 12.6. The van der Waals surface area contributed by atoms with E-state index in [1.165, 1.54) is 6.26 Å². The minimum Gasteiger partial charge on any atom is -0.229 e. The van der Waals surface area contributed by atoms with Gasteiger partial charge in [0.2, 0.25) is 0 Å². The zero-order valence-corrected chi connectivity index (χ0v) is 15.4. The summed E-state index contributed by atoms with van der Waals surface area (Å²) >= 11 is 13.4. The quantitative estimate of drug-likeness (QED) is 0.606. The fourth-order valence-electron chi connectivity index (χ4n) is 2.01. The number of hydrogen-bond acceptors (Lipinski definition) is 2. The predicted octanol–water partition coefficient (Wildman–Crippen LogP) is 4.19. The van der Waals surface area contributed by atoms with E-state index in [-0.39, 0.29) is 11.2 Å². The molecule has 6 heteroatoms. The van der Waals surface area contributed by atoms with E-state index in [1.807, 2.05) is 24.3 Å². The zero-order valence-electron chi connectivity index (χ0n) is 10.7. The Kier molecular flexibility index (Phi) is 6.84. The SMILES string of the molecule is CS(=O)(=O)CCCC(CBr)(CBr)c1ccccc1Cl. The van der Waals surface area contributed by atoms with Crippen molar-refractivity contribution >= 4 is 53.3 Å². The Hall–Kier alpha value is 0.420. The fourth-order valence-corrected chi connectivity index (χ4v) is 5.11. The van der Waals surface area contributed by atoms with Crippen molar-refractivity contribution in [3.63, 3.8) is 0 Å². The van der Waals surface area contributed by atoms with Crippen LogP contribution in [-0.2, 0) is 15.3 Å². The minimum absolute atomic E-state index is 0.178.